The molecule has 0 amide bonds. The molecule has 1 aromatic rings. The van der Waals surface area contributed by atoms with Crippen LogP contribution < -0.4 is 11.5 Å². The van der Waals surface area contributed by atoms with Crippen molar-refractivity contribution in [1.29, 1.82) is 0 Å². The van der Waals surface area contributed by atoms with E-state index in [1.54, 1.807) is 6.20 Å². The molecule has 4 N–H and O–H groups in total. The summed E-state index contributed by atoms with van der Waals surface area (Å²) in [6, 6.07) is 2.09. The van der Waals surface area contributed by atoms with Gasteiger partial charge in [0.1, 0.15) is 5.15 Å². The smallest absolute Gasteiger partial charge is 0.133 e. The van der Waals surface area contributed by atoms with Gasteiger partial charge >= 0.3 is 0 Å². The Morgan fingerprint density at radius 3 is 2.85 bits per heavy atom. The van der Waals surface area contributed by atoms with Gasteiger partial charge in [0.25, 0.3) is 0 Å². The van der Waals surface area contributed by atoms with Crippen molar-refractivity contribution in [1.82, 2.24) is 4.98 Å². The second-order valence-corrected chi connectivity index (χ2v) is 3.54. The van der Waals surface area contributed by atoms with Gasteiger partial charge in [0, 0.05) is 24.3 Å². The average molecular weight is 200 g/mol. The minimum absolute atomic E-state index is 0.133. The highest BCUT2D eigenvalue weighted by molar-refractivity contribution is 6.30. The zero-order valence-electron chi connectivity index (χ0n) is 7.63. The molecule has 1 atom stereocenters. The Hall–Kier alpha value is -0.640. The van der Waals surface area contributed by atoms with Crippen molar-refractivity contribution in [3.8, 4) is 0 Å². The third kappa shape index (κ3) is 2.95. The maximum absolute atomic E-state index is 5.81. The van der Waals surface area contributed by atoms with E-state index in [9.17, 15) is 0 Å². The van der Waals surface area contributed by atoms with E-state index in [0.29, 0.717) is 11.7 Å². The molecule has 1 rings (SSSR count). The zero-order valence-corrected chi connectivity index (χ0v) is 8.38. The average Bonchev–Trinajstić information content (AvgIpc) is 2.07. The first-order valence-corrected chi connectivity index (χ1v) is 4.60. The first-order valence-electron chi connectivity index (χ1n) is 4.22. The molecule has 0 fully saturated rings. The number of pyridine rings is 1. The predicted octanol–water partition coefficient (Wildman–Crippen LogP) is 1.08. The normalized spacial score (nSPS) is 12.9. The van der Waals surface area contributed by atoms with Gasteiger partial charge in [0.05, 0.1) is 0 Å². The van der Waals surface area contributed by atoms with Crippen LogP contribution in [-0.2, 0) is 13.0 Å². The topological polar surface area (TPSA) is 64.9 Å². The van der Waals surface area contributed by atoms with Crippen molar-refractivity contribution in [2.24, 2.45) is 11.5 Å². The van der Waals surface area contributed by atoms with Gasteiger partial charge in [-0.05, 0) is 25.0 Å². The maximum Gasteiger partial charge on any atom is 0.133 e. The quantitative estimate of drug-likeness (QED) is 0.717. The van der Waals surface area contributed by atoms with Crippen LogP contribution in [0.4, 0.5) is 0 Å². The summed E-state index contributed by atoms with van der Waals surface area (Å²) < 4.78 is 0. The molecule has 0 spiro atoms. The SMILES string of the molecule is CC(N)Cc1cnc(Cl)c(CN)c1. The van der Waals surface area contributed by atoms with Gasteiger partial charge in [-0.1, -0.05) is 11.6 Å². The fraction of sp³-hybridized carbons (Fsp3) is 0.444. The molecule has 4 heteroatoms. The number of aromatic nitrogens is 1. The Balaban J connectivity index is 2.86. The van der Waals surface area contributed by atoms with Gasteiger partial charge < -0.3 is 11.5 Å². The highest BCUT2D eigenvalue weighted by Crippen LogP contribution is 2.14. The molecular weight excluding hydrogens is 186 g/mol. The molecule has 0 saturated carbocycles. The van der Waals surface area contributed by atoms with Crippen LogP contribution in [0, 0.1) is 0 Å². The van der Waals surface area contributed by atoms with Crippen LogP contribution in [0.5, 0.6) is 0 Å². The summed E-state index contributed by atoms with van der Waals surface area (Å²) >= 11 is 5.81. The summed E-state index contributed by atoms with van der Waals surface area (Å²) in [6.07, 6.45) is 2.54. The van der Waals surface area contributed by atoms with Crippen LogP contribution in [0.25, 0.3) is 0 Å². The summed E-state index contributed by atoms with van der Waals surface area (Å²) in [4.78, 5) is 4.03. The van der Waals surface area contributed by atoms with Crippen molar-refractivity contribution in [3.63, 3.8) is 0 Å². The van der Waals surface area contributed by atoms with E-state index < -0.39 is 0 Å². The van der Waals surface area contributed by atoms with Gasteiger partial charge in [-0.15, -0.1) is 0 Å². The van der Waals surface area contributed by atoms with Crippen molar-refractivity contribution in [2.45, 2.75) is 25.9 Å². The molecule has 3 nitrogen and oxygen atoms in total. The predicted molar refractivity (Wildman–Crippen MR) is 54.5 cm³/mol. The Labute approximate surface area is 83.1 Å². The Kier molecular flexibility index (Phi) is 3.66. The zero-order chi connectivity index (χ0) is 9.84. The first kappa shape index (κ1) is 10.4. The van der Waals surface area contributed by atoms with E-state index in [2.05, 4.69) is 4.98 Å². The molecule has 1 aromatic heterocycles. The molecule has 0 aromatic carbocycles. The first-order chi connectivity index (χ1) is 6.13. The lowest BCUT2D eigenvalue weighted by molar-refractivity contribution is 0.734. The van der Waals surface area contributed by atoms with E-state index in [1.165, 1.54) is 0 Å². The molecule has 0 aliphatic carbocycles. The molecule has 1 heterocycles. The second-order valence-electron chi connectivity index (χ2n) is 3.18. The summed E-state index contributed by atoms with van der Waals surface area (Å²) in [5, 5.41) is 0.482. The van der Waals surface area contributed by atoms with Crippen LogP contribution in [-0.4, -0.2) is 11.0 Å². The van der Waals surface area contributed by atoms with Crippen molar-refractivity contribution in [2.75, 3.05) is 0 Å². The van der Waals surface area contributed by atoms with Gasteiger partial charge in [-0.3, -0.25) is 0 Å². The highest BCUT2D eigenvalue weighted by Gasteiger charge is 2.03. The van der Waals surface area contributed by atoms with Gasteiger partial charge in [0.15, 0.2) is 0 Å². The number of rotatable bonds is 3. The van der Waals surface area contributed by atoms with Crippen LogP contribution in [0.2, 0.25) is 5.15 Å². The van der Waals surface area contributed by atoms with Crippen molar-refractivity contribution < 1.29 is 0 Å². The lowest BCUT2D eigenvalue weighted by Gasteiger charge is -2.07. The molecule has 0 aliphatic rings. The third-order valence-electron chi connectivity index (χ3n) is 1.75. The van der Waals surface area contributed by atoms with Gasteiger partial charge in [-0.2, -0.15) is 0 Å². The fourth-order valence-corrected chi connectivity index (χ4v) is 1.35. The molecule has 0 saturated heterocycles. The van der Waals surface area contributed by atoms with Gasteiger partial charge in [-0.25, -0.2) is 4.98 Å². The van der Waals surface area contributed by atoms with E-state index >= 15 is 0 Å². The largest absolute Gasteiger partial charge is 0.328 e. The van der Waals surface area contributed by atoms with Crippen molar-refractivity contribution >= 4 is 11.6 Å². The Bertz CT molecular complexity index is 286. The number of nitrogens with two attached hydrogens (primary N) is 2. The molecule has 0 aliphatic heterocycles. The summed E-state index contributed by atoms with van der Waals surface area (Å²) in [6.45, 7) is 2.37. The van der Waals surface area contributed by atoms with Gasteiger partial charge in [0.2, 0.25) is 0 Å². The van der Waals surface area contributed by atoms with Crippen molar-refractivity contribution in [3.05, 3.63) is 28.5 Å². The maximum atomic E-state index is 5.81. The summed E-state index contributed by atoms with van der Waals surface area (Å²) in [7, 11) is 0. The minimum Gasteiger partial charge on any atom is -0.328 e. The molecular formula is C9H14ClN3. The van der Waals surface area contributed by atoms with Crippen LogP contribution in [0.1, 0.15) is 18.1 Å². The third-order valence-corrected chi connectivity index (χ3v) is 2.09. The van der Waals surface area contributed by atoms with Crippen LogP contribution in [0.15, 0.2) is 12.3 Å². The number of halogens is 1. The number of nitrogens with zero attached hydrogens (tertiary/aromatic N) is 1. The monoisotopic (exact) mass is 199 g/mol. The lowest BCUT2D eigenvalue weighted by Crippen LogP contribution is -2.18. The summed E-state index contributed by atoms with van der Waals surface area (Å²) in [5.41, 5.74) is 13.1. The van der Waals surface area contributed by atoms with Crippen LogP contribution >= 0.6 is 11.6 Å². The lowest BCUT2D eigenvalue weighted by atomic mass is 10.1. The van der Waals surface area contributed by atoms with E-state index in [1.807, 2.05) is 13.0 Å². The molecule has 0 radical (unpaired) electrons. The standard InChI is InChI=1S/C9H14ClN3/c1-6(12)2-7-3-8(4-11)9(10)13-5-7/h3,5-6H,2,4,11-12H2,1H3. The van der Waals surface area contributed by atoms with Crippen LogP contribution in [0.3, 0.4) is 0 Å². The van der Waals surface area contributed by atoms with E-state index in [0.717, 1.165) is 17.5 Å². The fourth-order valence-electron chi connectivity index (χ4n) is 1.17. The minimum atomic E-state index is 0.133. The molecule has 72 valence electrons. The highest BCUT2D eigenvalue weighted by atomic mass is 35.5. The Morgan fingerprint density at radius 2 is 2.31 bits per heavy atom. The molecule has 0 bridgehead atoms. The molecule has 1 unspecified atom stereocenters. The number of hydrogen-bond acceptors (Lipinski definition) is 3. The number of hydrogen-bond donors (Lipinski definition) is 2. The summed E-state index contributed by atoms with van der Waals surface area (Å²) in [5.74, 6) is 0. The van der Waals surface area contributed by atoms with E-state index in [-0.39, 0.29) is 6.04 Å². The van der Waals surface area contributed by atoms with E-state index in [4.69, 9.17) is 23.1 Å². The Morgan fingerprint density at radius 1 is 1.62 bits per heavy atom. The molecule has 13 heavy (non-hydrogen) atoms. The second kappa shape index (κ2) is 4.56.